The molecule has 4 nitrogen and oxygen atoms in total. The van der Waals surface area contributed by atoms with Gasteiger partial charge in [0.05, 0.1) is 11.5 Å². The summed E-state index contributed by atoms with van der Waals surface area (Å²) in [5.41, 5.74) is 2.15. The number of carbonyl (C=O) groups is 1. The van der Waals surface area contributed by atoms with E-state index in [0.29, 0.717) is 4.91 Å². The minimum atomic E-state index is -0.197. The van der Waals surface area contributed by atoms with Crippen molar-refractivity contribution in [1.29, 1.82) is 5.41 Å². The van der Waals surface area contributed by atoms with Crippen molar-refractivity contribution in [3.8, 4) is 5.75 Å². The molecule has 2 heterocycles. The average Bonchev–Trinajstić information content (AvgIpc) is 2.85. The largest absolute Gasteiger partial charge is 0.493 e. The predicted molar refractivity (Wildman–Crippen MR) is 67.1 cm³/mol. The highest BCUT2D eigenvalue weighted by atomic mass is 32.2. The van der Waals surface area contributed by atoms with Gasteiger partial charge in [-0.3, -0.25) is 10.2 Å². The molecule has 1 fully saturated rings. The Bertz CT molecular complexity index is 551. The molecule has 1 aromatic carbocycles. The van der Waals surface area contributed by atoms with Crippen LogP contribution in [0.15, 0.2) is 23.1 Å². The van der Waals surface area contributed by atoms with E-state index < -0.39 is 0 Å². The van der Waals surface area contributed by atoms with Crippen molar-refractivity contribution < 1.29 is 9.53 Å². The molecule has 17 heavy (non-hydrogen) atoms. The molecule has 2 N–H and O–H groups in total. The molecule has 0 aliphatic carbocycles. The minimum Gasteiger partial charge on any atom is -0.493 e. The Morgan fingerprint density at radius 3 is 3.12 bits per heavy atom. The van der Waals surface area contributed by atoms with Crippen LogP contribution in [0.2, 0.25) is 0 Å². The summed E-state index contributed by atoms with van der Waals surface area (Å²) in [6, 6.07) is 5.88. The van der Waals surface area contributed by atoms with E-state index in [1.807, 2.05) is 18.2 Å². The average molecular weight is 246 g/mol. The normalized spacial score (nSPS) is 20.4. The molecule has 0 unspecified atom stereocenters. The Kier molecular flexibility index (Phi) is 2.40. The van der Waals surface area contributed by atoms with E-state index in [9.17, 15) is 4.79 Å². The molecular weight excluding hydrogens is 236 g/mol. The molecule has 1 amide bonds. The highest BCUT2D eigenvalue weighted by Crippen LogP contribution is 2.29. The highest BCUT2D eigenvalue weighted by Gasteiger charge is 2.22. The number of amides is 1. The van der Waals surface area contributed by atoms with Crippen LogP contribution in [-0.2, 0) is 11.2 Å². The number of amidine groups is 1. The van der Waals surface area contributed by atoms with E-state index in [-0.39, 0.29) is 11.1 Å². The summed E-state index contributed by atoms with van der Waals surface area (Å²) >= 11 is 1.15. The molecule has 5 heteroatoms. The smallest absolute Gasteiger partial charge is 0.264 e. The number of ether oxygens (including phenoxy) is 1. The number of carbonyl (C=O) groups excluding carboxylic acids is 1. The van der Waals surface area contributed by atoms with Gasteiger partial charge in [-0.2, -0.15) is 0 Å². The third-order valence-corrected chi connectivity index (χ3v) is 3.50. The lowest BCUT2D eigenvalue weighted by atomic mass is 10.1. The van der Waals surface area contributed by atoms with Gasteiger partial charge in [0.15, 0.2) is 5.17 Å². The number of benzene rings is 1. The molecule has 2 aliphatic rings. The van der Waals surface area contributed by atoms with Gasteiger partial charge in [0.2, 0.25) is 0 Å². The molecule has 0 atom stereocenters. The van der Waals surface area contributed by atoms with Crippen molar-refractivity contribution in [1.82, 2.24) is 5.32 Å². The van der Waals surface area contributed by atoms with Crippen LogP contribution in [0.3, 0.4) is 0 Å². The van der Waals surface area contributed by atoms with Gasteiger partial charge in [-0.1, -0.05) is 6.07 Å². The maximum Gasteiger partial charge on any atom is 0.264 e. The lowest BCUT2D eigenvalue weighted by Crippen LogP contribution is -2.18. The summed E-state index contributed by atoms with van der Waals surface area (Å²) in [7, 11) is 0. The van der Waals surface area contributed by atoms with Crippen molar-refractivity contribution in [2.24, 2.45) is 0 Å². The van der Waals surface area contributed by atoms with Crippen LogP contribution < -0.4 is 10.1 Å². The number of nitrogens with one attached hydrogen (secondary N) is 2. The first-order chi connectivity index (χ1) is 8.22. The summed E-state index contributed by atoms with van der Waals surface area (Å²) in [4.78, 5) is 12.0. The molecule has 1 saturated heterocycles. The van der Waals surface area contributed by atoms with Crippen molar-refractivity contribution >= 4 is 28.9 Å². The van der Waals surface area contributed by atoms with E-state index in [4.69, 9.17) is 10.1 Å². The van der Waals surface area contributed by atoms with Crippen LogP contribution in [0, 0.1) is 5.41 Å². The Hall–Kier alpha value is -1.75. The fraction of sp³-hybridized carbons (Fsp3) is 0.167. The maximum atomic E-state index is 11.5. The first kappa shape index (κ1) is 10.4. The van der Waals surface area contributed by atoms with E-state index in [1.165, 1.54) is 5.56 Å². The second kappa shape index (κ2) is 3.92. The SMILES string of the molecule is N=C1NC(=O)C(=Cc2ccc3c(c2)CCO3)S1. The lowest BCUT2D eigenvalue weighted by molar-refractivity contribution is -0.115. The Morgan fingerprint density at radius 1 is 1.47 bits per heavy atom. The number of fused-ring (bicyclic) bond motifs is 1. The van der Waals surface area contributed by atoms with E-state index >= 15 is 0 Å². The van der Waals surface area contributed by atoms with E-state index in [2.05, 4.69) is 5.32 Å². The maximum absolute atomic E-state index is 11.5. The third kappa shape index (κ3) is 1.93. The quantitative estimate of drug-likeness (QED) is 0.742. The van der Waals surface area contributed by atoms with Gasteiger partial charge in [0.1, 0.15) is 5.75 Å². The van der Waals surface area contributed by atoms with E-state index in [1.54, 1.807) is 6.08 Å². The zero-order valence-electron chi connectivity index (χ0n) is 8.95. The van der Waals surface area contributed by atoms with Gasteiger partial charge in [-0.25, -0.2) is 0 Å². The van der Waals surface area contributed by atoms with Crippen molar-refractivity contribution in [3.05, 3.63) is 34.2 Å². The molecule has 1 aromatic rings. The molecule has 86 valence electrons. The summed E-state index contributed by atoms with van der Waals surface area (Å²) in [6.45, 7) is 0.731. The Labute approximate surface area is 103 Å². The number of thioether (sulfide) groups is 1. The molecule has 0 bridgehead atoms. The molecule has 0 radical (unpaired) electrons. The van der Waals surface area contributed by atoms with Crippen molar-refractivity contribution in [2.75, 3.05) is 6.61 Å². The number of hydrogen-bond donors (Lipinski definition) is 2. The van der Waals surface area contributed by atoms with Gasteiger partial charge in [-0.15, -0.1) is 0 Å². The Morgan fingerprint density at radius 2 is 2.35 bits per heavy atom. The van der Waals surface area contributed by atoms with Crippen LogP contribution in [0.1, 0.15) is 11.1 Å². The van der Waals surface area contributed by atoms with Gasteiger partial charge >= 0.3 is 0 Å². The molecule has 3 rings (SSSR count). The Balaban J connectivity index is 1.93. The van der Waals surface area contributed by atoms with Crippen LogP contribution in [0.4, 0.5) is 0 Å². The van der Waals surface area contributed by atoms with Gasteiger partial charge in [-0.05, 0) is 41.1 Å². The molecule has 0 spiro atoms. The topological polar surface area (TPSA) is 62.2 Å². The molecule has 0 saturated carbocycles. The fourth-order valence-corrected chi connectivity index (χ4v) is 2.59. The second-order valence-corrected chi connectivity index (χ2v) is 4.91. The molecule has 2 aliphatic heterocycles. The fourth-order valence-electron chi connectivity index (χ4n) is 1.89. The van der Waals surface area contributed by atoms with Gasteiger partial charge in [0.25, 0.3) is 5.91 Å². The zero-order valence-corrected chi connectivity index (χ0v) is 9.76. The minimum absolute atomic E-state index is 0.186. The first-order valence-electron chi connectivity index (χ1n) is 5.27. The van der Waals surface area contributed by atoms with Crippen LogP contribution in [0.5, 0.6) is 5.75 Å². The molecule has 0 aromatic heterocycles. The standard InChI is InChI=1S/C12H10N2O2S/c13-12-14-11(15)10(17-12)6-7-1-2-9-8(5-7)3-4-16-9/h1-2,5-6H,3-4H2,(H2,13,14,15). The van der Waals surface area contributed by atoms with Crippen LogP contribution in [-0.4, -0.2) is 17.7 Å². The third-order valence-electron chi connectivity index (χ3n) is 2.67. The van der Waals surface area contributed by atoms with Crippen molar-refractivity contribution in [2.45, 2.75) is 6.42 Å². The lowest BCUT2D eigenvalue weighted by Gasteiger charge is -2.00. The first-order valence-corrected chi connectivity index (χ1v) is 6.09. The van der Waals surface area contributed by atoms with Crippen molar-refractivity contribution in [3.63, 3.8) is 0 Å². The monoisotopic (exact) mass is 246 g/mol. The number of rotatable bonds is 1. The highest BCUT2D eigenvalue weighted by molar-refractivity contribution is 8.18. The predicted octanol–water partition coefficient (Wildman–Crippen LogP) is 1.76. The summed E-state index contributed by atoms with van der Waals surface area (Å²) in [6.07, 6.45) is 2.72. The summed E-state index contributed by atoms with van der Waals surface area (Å²) < 4.78 is 5.42. The van der Waals surface area contributed by atoms with Crippen LogP contribution >= 0.6 is 11.8 Å². The van der Waals surface area contributed by atoms with Crippen LogP contribution in [0.25, 0.3) is 6.08 Å². The zero-order chi connectivity index (χ0) is 11.8. The van der Waals surface area contributed by atoms with E-state index in [0.717, 1.165) is 36.1 Å². The van der Waals surface area contributed by atoms with Gasteiger partial charge in [0, 0.05) is 6.42 Å². The summed E-state index contributed by atoms with van der Waals surface area (Å²) in [5.74, 6) is 0.736. The molecular formula is C12H10N2O2S. The summed E-state index contributed by atoms with van der Waals surface area (Å²) in [5, 5.41) is 10.0. The number of hydrogen-bond acceptors (Lipinski definition) is 4. The second-order valence-electron chi connectivity index (χ2n) is 3.86. The van der Waals surface area contributed by atoms with Gasteiger partial charge < -0.3 is 10.1 Å².